The molecule has 1 aliphatic heterocycles. The first-order valence-corrected chi connectivity index (χ1v) is 11.1. The van der Waals surface area contributed by atoms with Crippen LogP contribution in [0.15, 0.2) is 24.3 Å². The average Bonchev–Trinajstić information content (AvgIpc) is 2.54. The van der Waals surface area contributed by atoms with Crippen LogP contribution in [0.2, 0.25) is 0 Å². The van der Waals surface area contributed by atoms with Crippen molar-refractivity contribution in [2.75, 3.05) is 11.5 Å². The van der Waals surface area contributed by atoms with E-state index in [4.69, 9.17) is 4.74 Å². The first kappa shape index (κ1) is 18.7. The van der Waals surface area contributed by atoms with Gasteiger partial charge >= 0.3 is 6.09 Å². The molecule has 3 nitrogen and oxygen atoms in total. The quantitative estimate of drug-likeness (QED) is 0.782. The van der Waals surface area contributed by atoms with E-state index in [1.165, 1.54) is 29.1 Å². The Morgan fingerprint density at radius 3 is 2.76 bits per heavy atom. The Kier molecular flexibility index (Phi) is 6.05. The van der Waals surface area contributed by atoms with Crippen LogP contribution in [0.3, 0.4) is 0 Å². The molecule has 0 saturated carbocycles. The van der Waals surface area contributed by atoms with Crippen LogP contribution in [-0.4, -0.2) is 27.8 Å². The van der Waals surface area contributed by atoms with Gasteiger partial charge in [-0.15, -0.1) is 23.5 Å². The second-order valence-electron chi connectivity index (χ2n) is 7.50. The van der Waals surface area contributed by atoms with Crippen LogP contribution in [0, 0.1) is 0 Å². The summed E-state index contributed by atoms with van der Waals surface area (Å²) in [7, 11) is 0. The lowest BCUT2D eigenvalue weighted by Crippen LogP contribution is -2.32. The van der Waals surface area contributed by atoms with Crippen LogP contribution in [0.25, 0.3) is 5.70 Å². The minimum absolute atomic E-state index is 0.384. The average molecular weight is 378 g/mol. The summed E-state index contributed by atoms with van der Waals surface area (Å²) in [6.45, 7) is 5.63. The Bertz CT molecular complexity index is 658. The van der Waals surface area contributed by atoms with E-state index < -0.39 is 5.60 Å². The summed E-state index contributed by atoms with van der Waals surface area (Å²) in [5.41, 5.74) is 4.26. The minimum Gasteiger partial charge on any atom is -0.444 e. The van der Waals surface area contributed by atoms with E-state index in [0.717, 1.165) is 30.5 Å². The molecule has 3 rings (SSSR count). The van der Waals surface area contributed by atoms with Crippen molar-refractivity contribution in [3.05, 3.63) is 41.0 Å². The Morgan fingerprint density at radius 2 is 2.04 bits per heavy atom. The third-order valence-electron chi connectivity index (χ3n) is 4.16. The molecule has 1 aromatic rings. The van der Waals surface area contributed by atoms with Gasteiger partial charge in [0.25, 0.3) is 0 Å². The SMILES string of the molecule is CC(C)(C)OC(=O)NC1=CCCc2cc(CC3SCCCS3)ccc21. The van der Waals surface area contributed by atoms with Gasteiger partial charge in [0.2, 0.25) is 0 Å². The number of hydrogen-bond donors (Lipinski definition) is 1. The van der Waals surface area contributed by atoms with Crippen molar-refractivity contribution in [2.45, 2.75) is 56.6 Å². The molecule has 1 saturated heterocycles. The fraction of sp³-hybridized carbons (Fsp3) is 0.550. The maximum atomic E-state index is 12.1. The maximum absolute atomic E-state index is 12.1. The van der Waals surface area contributed by atoms with Crippen LogP contribution in [0.5, 0.6) is 0 Å². The van der Waals surface area contributed by atoms with Gasteiger partial charge in [-0.05, 0) is 69.1 Å². The predicted octanol–water partition coefficient (Wildman–Crippen LogP) is 5.24. The highest BCUT2D eigenvalue weighted by Crippen LogP contribution is 2.34. The van der Waals surface area contributed by atoms with Crippen molar-refractivity contribution in [1.29, 1.82) is 0 Å². The zero-order chi connectivity index (χ0) is 17.9. The summed E-state index contributed by atoms with van der Waals surface area (Å²) < 4.78 is 6.07. The summed E-state index contributed by atoms with van der Waals surface area (Å²) in [4.78, 5) is 12.1. The molecule has 0 bridgehead atoms. The highest BCUT2D eigenvalue weighted by molar-refractivity contribution is 8.17. The van der Waals surface area contributed by atoms with Gasteiger partial charge in [-0.3, -0.25) is 5.32 Å². The number of ether oxygens (including phenoxy) is 1. The molecule has 2 aliphatic rings. The number of rotatable bonds is 3. The van der Waals surface area contributed by atoms with Crippen molar-refractivity contribution in [1.82, 2.24) is 5.32 Å². The number of carbonyl (C=O) groups is 1. The van der Waals surface area contributed by atoms with Gasteiger partial charge in [-0.25, -0.2) is 4.79 Å². The zero-order valence-corrected chi connectivity index (χ0v) is 16.9. The van der Waals surface area contributed by atoms with Gasteiger partial charge in [0, 0.05) is 11.3 Å². The summed E-state index contributed by atoms with van der Waals surface area (Å²) in [6, 6.07) is 6.70. The Labute approximate surface area is 159 Å². The van der Waals surface area contributed by atoms with Crippen molar-refractivity contribution in [2.24, 2.45) is 0 Å². The third kappa shape index (κ3) is 5.45. The van der Waals surface area contributed by atoms with Crippen molar-refractivity contribution < 1.29 is 9.53 Å². The second kappa shape index (κ2) is 8.09. The lowest BCUT2D eigenvalue weighted by molar-refractivity contribution is 0.0558. The molecule has 0 radical (unpaired) electrons. The summed E-state index contributed by atoms with van der Waals surface area (Å²) in [5.74, 6) is 2.57. The minimum atomic E-state index is -0.485. The van der Waals surface area contributed by atoms with E-state index in [-0.39, 0.29) is 6.09 Å². The third-order valence-corrected chi connectivity index (χ3v) is 7.10. The zero-order valence-electron chi connectivity index (χ0n) is 15.3. The smallest absolute Gasteiger partial charge is 0.412 e. The standard InChI is InChI=1S/C20H27NO2S2/c1-20(2,3)23-19(22)21-17-7-4-6-15-12-14(8-9-16(15)17)13-18-24-10-5-11-25-18/h7-9,12,18H,4-6,10-11,13H2,1-3H3,(H,21,22). The molecule has 0 atom stereocenters. The number of allylic oxidation sites excluding steroid dienone is 1. The molecule has 1 amide bonds. The lowest BCUT2D eigenvalue weighted by atomic mass is 9.92. The molecule has 25 heavy (non-hydrogen) atoms. The molecule has 1 aromatic carbocycles. The Balaban J connectivity index is 1.68. The van der Waals surface area contributed by atoms with Crippen molar-refractivity contribution in [3.8, 4) is 0 Å². The van der Waals surface area contributed by atoms with Crippen molar-refractivity contribution in [3.63, 3.8) is 0 Å². The van der Waals surface area contributed by atoms with Crippen LogP contribution < -0.4 is 5.32 Å². The monoisotopic (exact) mass is 377 g/mol. The number of nitrogens with one attached hydrogen (secondary N) is 1. The summed E-state index contributed by atoms with van der Waals surface area (Å²) in [5, 5.41) is 2.92. The van der Waals surface area contributed by atoms with E-state index in [0.29, 0.717) is 4.58 Å². The van der Waals surface area contributed by atoms with Gasteiger partial charge < -0.3 is 4.74 Å². The lowest BCUT2D eigenvalue weighted by Gasteiger charge is -2.24. The van der Waals surface area contributed by atoms with E-state index in [2.05, 4.69) is 53.1 Å². The molecule has 5 heteroatoms. The van der Waals surface area contributed by atoms with E-state index in [9.17, 15) is 4.79 Å². The number of aryl methyl sites for hydroxylation is 1. The molecule has 0 unspecified atom stereocenters. The summed E-state index contributed by atoms with van der Waals surface area (Å²) in [6.07, 6.45) is 6.16. The highest BCUT2D eigenvalue weighted by Gasteiger charge is 2.21. The number of hydrogen-bond acceptors (Lipinski definition) is 4. The fourth-order valence-electron chi connectivity index (χ4n) is 3.10. The van der Waals surface area contributed by atoms with Gasteiger partial charge in [-0.1, -0.05) is 24.3 Å². The van der Waals surface area contributed by atoms with Crippen LogP contribution in [0.4, 0.5) is 4.79 Å². The number of thioether (sulfide) groups is 2. The number of alkyl carbamates (subject to hydrolysis) is 1. The number of benzene rings is 1. The molecule has 136 valence electrons. The molecular formula is C20H27NO2S2. The van der Waals surface area contributed by atoms with E-state index in [1.54, 1.807) is 0 Å². The van der Waals surface area contributed by atoms with Crippen LogP contribution >= 0.6 is 23.5 Å². The molecule has 0 spiro atoms. The first-order valence-electron chi connectivity index (χ1n) is 8.96. The fourth-order valence-corrected chi connectivity index (χ4v) is 6.02. The van der Waals surface area contributed by atoms with Crippen LogP contribution in [-0.2, 0) is 17.6 Å². The predicted molar refractivity (Wildman–Crippen MR) is 109 cm³/mol. The largest absolute Gasteiger partial charge is 0.444 e. The highest BCUT2D eigenvalue weighted by atomic mass is 32.2. The van der Waals surface area contributed by atoms with E-state index in [1.807, 2.05) is 20.8 Å². The van der Waals surface area contributed by atoms with Gasteiger partial charge in [-0.2, -0.15) is 0 Å². The second-order valence-corrected chi connectivity index (χ2v) is 10.4. The van der Waals surface area contributed by atoms with Crippen molar-refractivity contribution >= 4 is 35.3 Å². The van der Waals surface area contributed by atoms with Gasteiger partial charge in [0.05, 0.1) is 4.58 Å². The molecule has 1 heterocycles. The van der Waals surface area contributed by atoms with Crippen LogP contribution in [0.1, 0.15) is 50.3 Å². The van der Waals surface area contributed by atoms with Gasteiger partial charge in [0.15, 0.2) is 0 Å². The Morgan fingerprint density at radius 1 is 1.28 bits per heavy atom. The molecule has 0 aromatic heterocycles. The number of carbonyl (C=O) groups excluding carboxylic acids is 1. The molecule has 1 aliphatic carbocycles. The van der Waals surface area contributed by atoms with Gasteiger partial charge in [0.1, 0.15) is 5.60 Å². The summed E-state index contributed by atoms with van der Waals surface area (Å²) >= 11 is 4.18. The molecule has 1 fully saturated rings. The number of fused-ring (bicyclic) bond motifs is 1. The first-order chi connectivity index (χ1) is 11.9. The Hall–Kier alpha value is -1.07. The maximum Gasteiger partial charge on any atom is 0.412 e. The number of amides is 1. The molecular weight excluding hydrogens is 350 g/mol. The van der Waals surface area contributed by atoms with E-state index >= 15 is 0 Å². The molecule has 1 N–H and O–H groups in total. The topological polar surface area (TPSA) is 38.3 Å². The normalized spacial score (nSPS) is 18.3.